The van der Waals surface area contributed by atoms with Crippen molar-refractivity contribution < 1.29 is 4.74 Å². The Morgan fingerprint density at radius 2 is 1.90 bits per heavy atom. The fraction of sp³-hybridized carbons (Fsp3) is 0.333. The second-order valence-corrected chi connectivity index (χ2v) is 5.28. The second kappa shape index (κ2) is 7.48. The van der Waals surface area contributed by atoms with Crippen LogP contribution in [0, 0.1) is 0 Å². The van der Waals surface area contributed by atoms with E-state index in [0.29, 0.717) is 21.7 Å². The number of rotatable bonds is 6. The van der Waals surface area contributed by atoms with Gasteiger partial charge in [-0.05, 0) is 18.6 Å². The van der Waals surface area contributed by atoms with Gasteiger partial charge >= 0.3 is 0 Å². The summed E-state index contributed by atoms with van der Waals surface area (Å²) in [5.41, 5.74) is 0. The highest BCUT2D eigenvalue weighted by molar-refractivity contribution is 6.42. The lowest BCUT2D eigenvalue weighted by Crippen LogP contribution is -2.05. The summed E-state index contributed by atoms with van der Waals surface area (Å²) in [6, 6.07) is 6.88. The van der Waals surface area contributed by atoms with Gasteiger partial charge in [-0.25, -0.2) is 4.98 Å². The molecular formula is C15H17Cl2N3O. The largest absolute Gasteiger partial charge is 0.439 e. The Morgan fingerprint density at radius 3 is 2.57 bits per heavy atom. The third-order valence-corrected chi connectivity index (χ3v) is 3.47. The number of hydrogen-bond donors (Lipinski definition) is 1. The zero-order chi connectivity index (χ0) is 15.2. The minimum absolute atomic E-state index is 0.447. The zero-order valence-corrected chi connectivity index (χ0v) is 13.5. The molecule has 0 saturated carbocycles. The van der Waals surface area contributed by atoms with Gasteiger partial charge in [0.15, 0.2) is 0 Å². The molecule has 0 radical (unpaired) electrons. The first kappa shape index (κ1) is 15.9. The predicted octanol–water partition coefficient (Wildman–Crippen LogP) is 4.96. The van der Waals surface area contributed by atoms with Crippen molar-refractivity contribution >= 4 is 29.0 Å². The highest BCUT2D eigenvalue weighted by atomic mass is 35.5. The van der Waals surface area contributed by atoms with Gasteiger partial charge in [0.1, 0.15) is 17.4 Å². The number of benzene rings is 1. The van der Waals surface area contributed by atoms with E-state index in [2.05, 4.69) is 22.2 Å². The maximum absolute atomic E-state index is 5.98. The summed E-state index contributed by atoms with van der Waals surface area (Å²) in [7, 11) is 0. The molecule has 0 spiro atoms. The standard InChI is InChI=1S/C15H17Cl2N3O/c1-3-7-18-14-9-15(20-13(4-2)19-14)21-10-5-6-11(16)12(17)8-10/h5-6,8-9H,3-4,7H2,1-2H3,(H,18,19,20). The summed E-state index contributed by atoms with van der Waals surface area (Å²) in [4.78, 5) is 8.77. The van der Waals surface area contributed by atoms with Gasteiger partial charge in [0.2, 0.25) is 5.88 Å². The maximum Gasteiger partial charge on any atom is 0.224 e. The Bertz CT molecular complexity index is 620. The summed E-state index contributed by atoms with van der Waals surface area (Å²) in [5, 5.41) is 4.18. The number of halogens is 2. The molecule has 0 aliphatic carbocycles. The Labute approximate surface area is 134 Å². The lowest BCUT2D eigenvalue weighted by molar-refractivity contribution is 0.459. The van der Waals surface area contributed by atoms with Crippen LogP contribution in [0.25, 0.3) is 0 Å². The number of anilines is 1. The molecule has 0 aliphatic heterocycles. The molecule has 0 fully saturated rings. The SMILES string of the molecule is CCCNc1cc(Oc2ccc(Cl)c(Cl)c2)nc(CC)n1. The molecule has 6 heteroatoms. The van der Waals surface area contributed by atoms with Gasteiger partial charge in [-0.2, -0.15) is 4.98 Å². The summed E-state index contributed by atoms with van der Waals surface area (Å²) in [6.07, 6.45) is 1.76. The molecule has 21 heavy (non-hydrogen) atoms. The summed E-state index contributed by atoms with van der Waals surface area (Å²) >= 11 is 11.9. The van der Waals surface area contributed by atoms with Crippen LogP contribution in [-0.2, 0) is 6.42 Å². The van der Waals surface area contributed by atoms with Gasteiger partial charge in [-0.1, -0.05) is 37.0 Å². The van der Waals surface area contributed by atoms with Crippen LogP contribution in [0.1, 0.15) is 26.1 Å². The molecule has 0 unspecified atom stereocenters. The average Bonchev–Trinajstić information content (AvgIpc) is 2.48. The van der Waals surface area contributed by atoms with E-state index in [1.165, 1.54) is 0 Å². The minimum Gasteiger partial charge on any atom is -0.439 e. The Hall–Kier alpha value is -1.52. The quantitative estimate of drug-likeness (QED) is 0.815. The van der Waals surface area contributed by atoms with Crippen molar-refractivity contribution in [3.05, 3.63) is 40.1 Å². The number of nitrogens with zero attached hydrogens (tertiary/aromatic N) is 2. The number of aryl methyl sites for hydroxylation is 1. The van der Waals surface area contributed by atoms with Gasteiger partial charge < -0.3 is 10.1 Å². The van der Waals surface area contributed by atoms with E-state index in [4.69, 9.17) is 27.9 Å². The molecule has 2 aromatic rings. The van der Waals surface area contributed by atoms with E-state index in [1.807, 2.05) is 6.92 Å². The predicted molar refractivity (Wildman–Crippen MR) is 86.7 cm³/mol. The van der Waals surface area contributed by atoms with Crippen molar-refractivity contribution in [1.82, 2.24) is 9.97 Å². The molecule has 0 amide bonds. The molecule has 1 N–H and O–H groups in total. The van der Waals surface area contributed by atoms with E-state index in [-0.39, 0.29) is 0 Å². The number of aromatic nitrogens is 2. The Balaban J connectivity index is 2.23. The van der Waals surface area contributed by atoms with Crippen molar-refractivity contribution in [3.8, 4) is 11.6 Å². The van der Waals surface area contributed by atoms with Crippen molar-refractivity contribution in [2.75, 3.05) is 11.9 Å². The van der Waals surface area contributed by atoms with Gasteiger partial charge in [-0.3, -0.25) is 0 Å². The van der Waals surface area contributed by atoms with Crippen LogP contribution in [0.4, 0.5) is 5.82 Å². The molecule has 0 atom stereocenters. The van der Waals surface area contributed by atoms with Crippen LogP contribution in [0.3, 0.4) is 0 Å². The third kappa shape index (κ3) is 4.48. The highest BCUT2D eigenvalue weighted by Gasteiger charge is 2.07. The molecule has 112 valence electrons. The molecular weight excluding hydrogens is 309 g/mol. The van der Waals surface area contributed by atoms with Crippen molar-refractivity contribution in [3.63, 3.8) is 0 Å². The fourth-order valence-electron chi connectivity index (χ4n) is 1.69. The molecule has 0 aliphatic rings. The topological polar surface area (TPSA) is 47.0 Å². The fourth-order valence-corrected chi connectivity index (χ4v) is 1.98. The van der Waals surface area contributed by atoms with E-state index >= 15 is 0 Å². The van der Waals surface area contributed by atoms with E-state index in [1.54, 1.807) is 24.3 Å². The van der Waals surface area contributed by atoms with E-state index in [9.17, 15) is 0 Å². The van der Waals surface area contributed by atoms with Crippen molar-refractivity contribution in [2.24, 2.45) is 0 Å². The van der Waals surface area contributed by atoms with Gasteiger partial charge in [0, 0.05) is 25.1 Å². The van der Waals surface area contributed by atoms with Gasteiger partial charge in [0.05, 0.1) is 10.0 Å². The first-order valence-corrected chi connectivity index (χ1v) is 7.62. The molecule has 2 rings (SSSR count). The van der Waals surface area contributed by atoms with Gasteiger partial charge in [0.25, 0.3) is 0 Å². The molecule has 4 nitrogen and oxygen atoms in total. The number of nitrogens with one attached hydrogen (secondary N) is 1. The minimum atomic E-state index is 0.447. The normalized spacial score (nSPS) is 10.5. The summed E-state index contributed by atoms with van der Waals surface area (Å²) in [6.45, 7) is 4.95. The van der Waals surface area contributed by atoms with Crippen LogP contribution >= 0.6 is 23.2 Å². The second-order valence-electron chi connectivity index (χ2n) is 4.47. The lowest BCUT2D eigenvalue weighted by Gasteiger charge is -2.10. The lowest BCUT2D eigenvalue weighted by atomic mass is 10.3. The van der Waals surface area contributed by atoms with Crippen LogP contribution < -0.4 is 10.1 Å². The Morgan fingerprint density at radius 1 is 1.10 bits per heavy atom. The van der Waals surface area contributed by atoms with Crippen LogP contribution in [0.5, 0.6) is 11.6 Å². The summed E-state index contributed by atoms with van der Waals surface area (Å²) < 4.78 is 5.74. The van der Waals surface area contributed by atoms with Crippen molar-refractivity contribution in [2.45, 2.75) is 26.7 Å². The molecule has 1 heterocycles. The maximum atomic E-state index is 5.98. The Kier molecular flexibility index (Phi) is 5.65. The zero-order valence-electron chi connectivity index (χ0n) is 12.0. The van der Waals surface area contributed by atoms with E-state index < -0.39 is 0 Å². The highest BCUT2D eigenvalue weighted by Crippen LogP contribution is 2.29. The monoisotopic (exact) mass is 325 g/mol. The molecule has 1 aromatic heterocycles. The first-order chi connectivity index (χ1) is 10.1. The molecule has 1 aromatic carbocycles. The number of hydrogen-bond acceptors (Lipinski definition) is 4. The van der Waals surface area contributed by atoms with E-state index in [0.717, 1.165) is 31.0 Å². The summed E-state index contributed by atoms with van der Waals surface area (Å²) in [5.74, 6) is 2.57. The number of ether oxygens (including phenoxy) is 1. The van der Waals surface area contributed by atoms with Gasteiger partial charge in [-0.15, -0.1) is 0 Å². The average molecular weight is 326 g/mol. The van der Waals surface area contributed by atoms with Crippen molar-refractivity contribution in [1.29, 1.82) is 0 Å². The first-order valence-electron chi connectivity index (χ1n) is 6.87. The van der Waals surface area contributed by atoms with Crippen LogP contribution in [0.15, 0.2) is 24.3 Å². The third-order valence-electron chi connectivity index (χ3n) is 2.73. The smallest absolute Gasteiger partial charge is 0.224 e. The molecule has 0 bridgehead atoms. The van der Waals surface area contributed by atoms with Crippen LogP contribution in [-0.4, -0.2) is 16.5 Å². The van der Waals surface area contributed by atoms with Crippen LogP contribution in [0.2, 0.25) is 10.0 Å². The molecule has 0 saturated heterocycles.